The van der Waals surface area contributed by atoms with E-state index in [9.17, 15) is 4.79 Å². The first-order valence-electron chi connectivity index (χ1n) is 7.67. The van der Waals surface area contributed by atoms with Gasteiger partial charge in [-0.3, -0.25) is 0 Å². The standard InChI is InChI=1S/C14H22N6O2/c15-10-6-9(7-10)11-8-12(19-13(16)18-11)17-2-4-20-3-1-5-22-14(20)21/h8-10H,1-7,15H2,(H3,16,17,18,19). The number of nitrogens with zero attached hydrogens (tertiary/aromatic N) is 3. The summed E-state index contributed by atoms with van der Waals surface area (Å²) < 4.78 is 5.00. The van der Waals surface area contributed by atoms with E-state index in [0.29, 0.717) is 31.4 Å². The zero-order chi connectivity index (χ0) is 15.5. The molecule has 1 aromatic rings. The van der Waals surface area contributed by atoms with Crippen LogP contribution in [0.3, 0.4) is 0 Å². The van der Waals surface area contributed by atoms with Crippen LogP contribution >= 0.6 is 0 Å². The van der Waals surface area contributed by atoms with Crippen LogP contribution < -0.4 is 16.8 Å². The molecule has 8 heteroatoms. The Kier molecular flexibility index (Phi) is 4.28. The molecule has 1 saturated heterocycles. The van der Waals surface area contributed by atoms with Gasteiger partial charge >= 0.3 is 6.09 Å². The van der Waals surface area contributed by atoms with Gasteiger partial charge in [0, 0.05) is 37.7 Å². The Bertz CT molecular complexity index is 546. The van der Waals surface area contributed by atoms with Crippen LogP contribution in [0.15, 0.2) is 6.07 Å². The van der Waals surface area contributed by atoms with Crippen molar-refractivity contribution < 1.29 is 9.53 Å². The summed E-state index contributed by atoms with van der Waals surface area (Å²) in [5, 5.41) is 3.20. The third-order valence-corrected chi connectivity index (χ3v) is 4.10. The SMILES string of the molecule is Nc1nc(NCCN2CCCOC2=O)cc(C2CC(N)C2)n1. The smallest absolute Gasteiger partial charge is 0.409 e. The predicted octanol–water partition coefficient (Wildman–Crippen LogP) is 0.518. The van der Waals surface area contributed by atoms with Crippen LogP contribution in [0.4, 0.5) is 16.6 Å². The third kappa shape index (κ3) is 3.38. The summed E-state index contributed by atoms with van der Waals surface area (Å²) in [6.07, 6.45) is 2.50. The highest BCUT2D eigenvalue weighted by Crippen LogP contribution is 2.35. The van der Waals surface area contributed by atoms with Crippen molar-refractivity contribution in [1.29, 1.82) is 0 Å². The summed E-state index contributed by atoms with van der Waals surface area (Å²) in [4.78, 5) is 21.7. The molecule has 120 valence electrons. The van der Waals surface area contributed by atoms with E-state index in [1.165, 1.54) is 0 Å². The van der Waals surface area contributed by atoms with Crippen molar-refractivity contribution in [3.63, 3.8) is 0 Å². The molecule has 5 N–H and O–H groups in total. The minimum atomic E-state index is -0.251. The summed E-state index contributed by atoms with van der Waals surface area (Å²) in [6.45, 7) is 2.41. The highest BCUT2D eigenvalue weighted by atomic mass is 16.6. The van der Waals surface area contributed by atoms with E-state index in [1.54, 1.807) is 4.90 Å². The summed E-state index contributed by atoms with van der Waals surface area (Å²) in [5.41, 5.74) is 12.5. The van der Waals surface area contributed by atoms with Gasteiger partial charge in [0.15, 0.2) is 0 Å². The fraction of sp³-hybridized carbons (Fsp3) is 0.643. The van der Waals surface area contributed by atoms with Gasteiger partial charge in [-0.05, 0) is 19.3 Å². The highest BCUT2D eigenvalue weighted by Gasteiger charge is 2.29. The van der Waals surface area contributed by atoms with Gasteiger partial charge in [0.2, 0.25) is 5.95 Å². The molecule has 8 nitrogen and oxygen atoms in total. The Balaban J connectivity index is 1.54. The number of nitrogen functional groups attached to an aromatic ring is 1. The lowest BCUT2D eigenvalue weighted by Gasteiger charge is -2.32. The lowest BCUT2D eigenvalue weighted by atomic mass is 9.78. The first-order chi connectivity index (χ1) is 10.6. The first-order valence-corrected chi connectivity index (χ1v) is 7.67. The highest BCUT2D eigenvalue weighted by molar-refractivity contribution is 5.68. The molecule has 1 saturated carbocycles. The number of ether oxygens (including phenoxy) is 1. The molecular formula is C14H22N6O2. The number of hydrogen-bond donors (Lipinski definition) is 3. The molecular weight excluding hydrogens is 284 g/mol. The molecule has 1 amide bonds. The number of anilines is 2. The maximum Gasteiger partial charge on any atom is 0.409 e. The van der Waals surface area contributed by atoms with Crippen LogP contribution in [0.1, 0.15) is 30.9 Å². The number of aromatic nitrogens is 2. The zero-order valence-electron chi connectivity index (χ0n) is 12.5. The zero-order valence-corrected chi connectivity index (χ0v) is 12.5. The Morgan fingerprint density at radius 2 is 2.23 bits per heavy atom. The van der Waals surface area contributed by atoms with E-state index in [0.717, 1.165) is 31.5 Å². The number of cyclic esters (lactones) is 1. The molecule has 2 aliphatic rings. The van der Waals surface area contributed by atoms with Gasteiger partial charge in [-0.25, -0.2) is 9.78 Å². The number of nitrogens with one attached hydrogen (secondary N) is 1. The topological polar surface area (TPSA) is 119 Å². The van der Waals surface area contributed by atoms with Gasteiger partial charge < -0.3 is 26.4 Å². The Morgan fingerprint density at radius 1 is 1.41 bits per heavy atom. The lowest BCUT2D eigenvalue weighted by molar-refractivity contribution is 0.0746. The second-order valence-corrected chi connectivity index (χ2v) is 5.85. The molecule has 1 aromatic heterocycles. The summed E-state index contributed by atoms with van der Waals surface area (Å²) in [5.74, 6) is 1.32. The van der Waals surface area contributed by atoms with Crippen molar-refractivity contribution in [2.75, 3.05) is 37.3 Å². The monoisotopic (exact) mass is 306 g/mol. The molecule has 2 fully saturated rings. The van der Waals surface area contributed by atoms with E-state index < -0.39 is 0 Å². The molecule has 22 heavy (non-hydrogen) atoms. The fourth-order valence-electron chi connectivity index (χ4n) is 2.81. The Morgan fingerprint density at radius 3 is 2.95 bits per heavy atom. The van der Waals surface area contributed by atoms with Gasteiger partial charge in [-0.15, -0.1) is 0 Å². The molecule has 1 aliphatic carbocycles. The largest absolute Gasteiger partial charge is 0.449 e. The van der Waals surface area contributed by atoms with Crippen molar-refractivity contribution >= 4 is 17.9 Å². The molecule has 0 radical (unpaired) electrons. The van der Waals surface area contributed by atoms with Crippen LogP contribution in [0.2, 0.25) is 0 Å². The molecule has 2 heterocycles. The predicted molar refractivity (Wildman–Crippen MR) is 82.4 cm³/mol. The molecule has 0 atom stereocenters. The van der Waals surface area contributed by atoms with Crippen molar-refractivity contribution in [2.24, 2.45) is 5.73 Å². The molecule has 3 rings (SSSR count). The van der Waals surface area contributed by atoms with Gasteiger partial charge in [0.1, 0.15) is 5.82 Å². The number of rotatable bonds is 5. The molecule has 0 bridgehead atoms. The van der Waals surface area contributed by atoms with Crippen LogP contribution in [0, 0.1) is 0 Å². The van der Waals surface area contributed by atoms with Crippen molar-refractivity contribution in [3.8, 4) is 0 Å². The van der Waals surface area contributed by atoms with Crippen molar-refractivity contribution in [3.05, 3.63) is 11.8 Å². The molecule has 0 spiro atoms. The Labute approximate surface area is 129 Å². The lowest BCUT2D eigenvalue weighted by Crippen LogP contribution is -2.40. The van der Waals surface area contributed by atoms with Crippen molar-refractivity contribution in [1.82, 2.24) is 14.9 Å². The van der Waals surface area contributed by atoms with Gasteiger partial charge in [0.05, 0.1) is 12.3 Å². The van der Waals surface area contributed by atoms with E-state index in [1.807, 2.05) is 6.07 Å². The van der Waals surface area contributed by atoms with Crippen LogP contribution in [0.25, 0.3) is 0 Å². The third-order valence-electron chi connectivity index (χ3n) is 4.10. The van der Waals surface area contributed by atoms with Crippen LogP contribution in [-0.4, -0.2) is 53.2 Å². The summed E-state index contributed by atoms with van der Waals surface area (Å²) in [7, 11) is 0. The number of hydrogen-bond acceptors (Lipinski definition) is 7. The van der Waals surface area contributed by atoms with E-state index in [4.69, 9.17) is 16.2 Å². The molecule has 0 aromatic carbocycles. The van der Waals surface area contributed by atoms with E-state index in [-0.39, 0.29) is 18.1 Å². The average molecular weight is 306 g/mol. The van der Waals surface area contributed by atoms with Gasteiger partial charge in [-0.2, -0.15) is 4.98 Å². The Hall–Kier alpha value is -2.09. The molecule has 0 unspecified atom stereocenters. The number of nitrogens with two attached hydrogens (primary N) is 2. The van der Waals surface area contributed by atoms with Gasteiger partial charge in [0.25, 0.3) is 0 Å². The van der Waals surface area contributed by atoms with E-state index >= 15 is 0 Å². The van der Waals surface area contributed by atoms with Gasteiger partial charge in [-0.1, -0.05) is 0 Å². The number of carbonyl (C=O) groups is 1. The van der Waals surface area contributed by atoms with Crippen molar-refractivity contribution in [2.45, 2.75) is 31.2 Å². The second kappa shape index (κ2) is 6.35. The fourth-order valence-corrected chi connectivity index (χ4v) is 2.81. The maximum absolute atomic E-state index is 11.5. The van der Waals surface area contributed by atoms with Crippen LogP contribution in [-0.2, 0) is 4.74 Å². The summed E-state index contributed by atoms with van der Waals surface area (Å²) >= 11 is 0. The summed E-state index contributed by atoms with van der Waals surface area (Å²) in [6, 6.07) is 2.18. The minimum Gasteiger partial charge on any atom is -0.449 e. The first kappa shape index (κ1) is 14.8. The molecule has 1 aliphatic heterocycles. The van der Waals surface area contributed by atoms with Crippen LogP contribution in [0.5, 0.6) is 0 Å². The normalized spacial score (nSPS) is 24.6. The number of carbonyl (C=O) groups excluding carboxylic acids is 1. The second-order valence-electron chi connectivity index (χ2n) is 5.85. The minimum absolute atomic E-state index is 0.251. The van der Waals surface area contributed by atoms with E-state index in [2.05, 4.69) is 15.3 Å². The maximum atomic E-state index is 11.5. The quantitative estimate of drug-likeness (QED) is 0.725. The average Bonchev–Trinajstić information content (AvgIpc) is 2.45. The number of amides is 1.